The summed E-state index contributed by atoms with van der Waals surface area (Å²) in [5.74, 6) is -1.63. The highest BCUT2D eigenvalue weighted by Gasteiger charge is 2.77. The quantitative estimate of drug-likeness (QED) is 0.229. The van der Waals surface area contributed by atoms with Gasteiger partial charge in [-0.2, -0.15) is 0 Å². The topological polar surface area (TPSA) is 99.6 Å². The smallest absolute Gasteiger partial charge is 0.248 e. The normalized spacial score (nSPS) is 28.4. The van der Waals surface area contributed by atoms with E-state index >= 15 is 0 Å². The lowest BCUT2D eigenvalue weighted by molar-refractivity contribution is -0.149. The van der Waals surface area contributed by atoms with Crippen molar-refractivity contribution in [3.8, 4) is 5.75 Å². The van der Waals surface area contributed by atoms with E-state index in [4.69, 9.17) is 9.47 Å². The molecule has 3 heterocycles. The molecule has 2 bridgehead atoms. The Kier molecular flexibility index (Phi) is 10.5. The summed E-state index contributed by atoms with van der Waals surface area (Å²) < 4.78 is 12.3. The Bertz CT molecular complexity index is 1160. The van der Waals surface area contributed by atoms with Crippen LogP contribution in [0.25, 0.3) is 0 Å². The van der Waals surface area contributed by atoms with Crippen LogP contribution in [-0.2, 0) is 19.1 Å². The third-order valence-corrected chi connectivity index (χ3v) is 9.59. The average molecular weight is 647 g/mol. The van der Waals surface area contributed by atoms with E-state index in [1.807, 2.05) is 38.1 Å². The van der Waals surface area contributed by atoms with E-state index in [9.17, 15) is 19.5 Å². The lowest BCUT2D eigenvalue weighted by atomic mass is 9.70. The number of rotatable bonds is 15. The molecule has 1 spiro atoms. The van der Waals surface area contributed by atoms with Gasteiger partial charge in [0.15, 0.2) is 0 Å². The second kappa shape index (κ2) is 13.7. The maximum absolute atomic E-state index is 14.4. The summed E-state index contributed by atoms with van der Waals surface area (Å²) in [5.41, 5.74) is -0.501. The van der Waals surface area contributed by atoms with Gasteiger partial charge in [-0.3, -0.25) is 14.4 Å². The van der Waals surface area contributed by atoms with Crippen LogP contribution in [0.1, 0.15) is 46.5 Å². The van der Waals surface area contributed by atoms with Gasteiger partial charge in [0.2, 0.25) is 17.7 Å². The molecule has 0 saturated carbocycles. The highest BCUT2D eigenvalue weighted by Crippen LogP contribution is 2.60. The van der Waals surface area contributed by atoms with E-state index < -0.39 is 29.6 Å². The number of halogens is 1. The lowest BCUT2D eigenvalue weighted by Crippen LogP contribution is -2.58. The zero-order chi connectivity index (χ0) is 30.6. The highest BCUT2D eigenvalue weighted by molar-refractivity contribution is 9.09. The maximum Gasteiger partial charge on any atom is 0.248 e. The zero-order valence-corrected chi connectivity index (χ0v) is 26.5. The van der Waals surface area contributed by atoms with Crippen LogP contribution in [0.4, 0.5) is 5.69 Å². The third kappa shape index (κ3) is 5.65. The summed E-state index contributed by atoms with van der Waals surface area (Å²) in [4.78, 5) is 47.9. The van der Waals surface area contributed by atoms with Crippen LogP contribution in [0.3, 0.4) is 0 Å². The summed E-state index contributed by atoms with van der Waals surface area (Å²) in [6, 6.07) is 6.30. The standard InChI is InChI=1S/C32H44BrN3O6/c1-6-11-21(5)34(16-7-2)31(40)28-32-20-24(33)27(42-32)25(26(32)30(39)36(28)18-10-19-37)29(38)35(17-8-3)22-12-14-23(15-13-22)41-9-4/h7-8,12-15,21,24-28,37H,2-3,6,9-11,16-20H2,1,4-5H3/t21?,24?,25-,26+,27-,28?,32?/m1/s1. The van der Waals surface area contributed by atoms with Crippen molar-refractivity contribution < 1.29 is 29.0 Å². The minimum Gasteiger partial charge on any atom is -0.494 e. The number of hydrogen-bond donors (Lipinski definition) is 1. The molecule has 0 aliphatic carbocycles. The molecule has 230 valence electrons. The molecule has 42 heavy (non-hydrogen) atoms. The number of carbonyl (C=O) groups excluding carboxylic acids is 3. The Hall–Kier alpha value is -2.69. The monoisotopic (exact) mass is 645 g/mol. The van der Waals surface area contributed by atoms with E-state index in [1.54, 1.807) is 26.9 Å². The molecule has 1 aromatic carbocycles. The summed E-state index contributed by atoms with van der Waals surface area (Å²) in [7, 11) is 0. The Balaban J connectivity index is 1.75. The van der Waals surface area contributed by atoms with Gasteiger partial charge in [0.05, 0.1) is 24.5 Å². The molecule has 10 heteroatoms. The Morgan fingerprint density at radius 3 is 2.50 bits per heavy atom. The molecule has 3 fully saturated rings. The second-order valence-electron chi connectivity index (χ2n) is 11.4. The first-order chi connectivity index (χ1) is 20.2. The number of aliphatic hydroxyl groups excluding tert-OH is 1. The number of likely N-dealkylation sites (tertiary alicyclic amines) is 1. The molecule has 0 radical (unpaired) electrons. The predicted molar refractivity (Wildman–Crippen MR) is 166 cm³/mol. The van der Waals surface area contributed by atoms with E-state index in [0.717, 1.165) is 12.8 Å². The largest absolute Gasteiger partial charge is 0.494 e. The van der Waals surface area contributed by atoms with Gasteiger partial charge in [0, 0.05) is 42.8 Å². The molecule has 4 unspecified atom stereocenters. The van der Waals surface area contributed by atoms with E-state index in [1.165, 1.54) is 0 Å². The molecular weight excluding hydrogens is 602 g/mol. The minimum atomic E-state index is -1.16. The van der Waals surface area contributed by atoms with Gasteiger partial charge in [-0.15, -0.1) is 13.2 Å². The molecule has 3 saturated heterocycles. The fraction of sp³-hybridized carbons (Fsp3) is 0.594. The highest BCUT2D eigenvalue weighted by atomic mass is 79.9. The molecule has 3 amide bonds. The number of nitrogens with zero attached hydrogens (tertiary/aromatic N) is 3. The lowest BCUT2D eigenvalue weighted by Gasteiger charge is -2.39. The fourth-order valence-electron chi connectivity index (χ4n) is 7.05. The molecule has 3 aliphatic heterocycles. The summed E-state index contributed by atoms with van der Waals surface area (Å²) in [6.45, 7) is 14.9. The molecule has 1 aromatic rings. The van der Waals surface area contributed by atoms with Crippen LogP contribution in [0.5, 0.6) is 5.75 Å². The molecule has 4 rings (SSSR count). The zero-order valence-electron chi connectivity index (χ0n) is 24.9. The number of benzene rings is 1. The van der Waals surface area contributed by atoms with E-state index in [0.29, 0.717) is 37.4 Å². The third-order valence-electron chi connectivity index (χ3n) is 8.75. The van der Waals surface area contributed by atoms with Gasteiger partial charge in [0.1, 0.15) is 17.4 Å². The Morgan fingerprint density at radius 2 is 1.90 bits per heavy atom. The predicted octanol–water partition coefficient (Wildman–Crippen LogP) is 3.94. The van der Waals surface area contributed by atoms with Gasteiger partial charge in [-0.05, 0) is 57.4 Å². The van der Waals surface area contributed by atoms with Crippen LogP contribution in [0.15, 0.2) is 49.6 Å². The first kappa shape index (κ1) is 32.2. The minimum absolute atomic E-state index is 0.0655. The summed E-state index contributed by atoms with van der Waals surface area (Å²) >= 11 is 3.75. The van der Waals surface area contributed by atoms with Crippen molar-refractivity contribution in [1.29, 1.82) is 0 Å². The van der Waals surface area contributed by atoms with Crippen molar-refractivity contribution in [3.05, 3.63) is 49.6 Å². The van der Waals surface area contributed by atoms with E-state index in [-0.39, 0.29) is 48.3 Å². The first-order valence-electron chi connectivity index (χ1n) is 15.0. The second-order valence-corrected chi connectivity index (χ2v) is 12.5. The average Bonchev–Trinajstić information content (AvgIpc) is 3.56. The van der Waals surface area contributed by atoms with Crippen LogP contribution >= 0.6 is 15.9 Å². The Labute approximate surface area is 257 Å². The number of ether oxygens (including phenoxy) is 2. The molecule has 7 atom stereocenters. The number of hydrogen-bond acceptors (Lipinski definition) is 6. The van der Waals surface area contributed by atoms with Gasteiger partial charge in [0.25, 0.3) is 0 Å². The summed E-state index contributed by atoms with van der Waals surface area (Å²) in [5, 5.41) is 9.65. The van der Waals surface area contributed by atoms with Crippen molar-refractivity contribution in [2.24, 2.45) is 11.8 Å². The van der Waals surface area contributed by atoms with Crippen molar-refractivity contribution >= 4 is 39.3 Å². The number of anilines is 1. The molecule has 9 nitrogen and oxygen atoms in total. The van der Waals surface area contributed by atoms with Crippen LogP contribution in [-0.4, -0.2) is 94.1 Å². The van der Waals surface area contributed by atoms with E-state index in [2.05, 4.69) is 36.0 Å². The molecular formula is C32H44BrN3O6. The van der Waals surface area contributed by atoms with Gasteiger partial charge >= 0.3 is 0 Å². The number of alkyl halides is 1. The SMILES string of the molecule is C=CCN(C(=O)[C@H]1[C@@H]2OC3(CC2Br)C(C(=O)N(CC=C)C(C)CCC)N(CCCO)C(=O)[C@H]13)c1ccc(OCC)cc1. The number of fused-ring (bicyclic) bond motifs is 1. The van der Waals surface area contributed by atoms with Gasteiger partial charge in [-0.1, -0.05) is 41.4 Å². The Morgan fingerprint density at radius 1 is 1.21 bits per heavy atom. The number of amides is 3. The van der Waals surface area contributed by atoms with Crippen molar-refractivity contribution in [2.75, 3.05) is 37.7 Å². The molecule has 3 aliphatic rings. The number of carbonyl (C=O) groups is 3. The van der Waals surface area contributed by atoms with Crippen molar-refractivity contribution in [2.45, 2.75) is 75.1 Å². The molecule has 1 N–H and O–H groups in total. The fourth-order valence-corrected chi connectivity index (χ4v) is 7.99. The summed E-state index contributed by atoms with van der Waals surface area (Å²) in [6.07, 6.45) is 5.23. The van der Waals surface area contributed by atoms with Crippen LogP contribution in [0.2, 0.25) is 0 Å². The van der Waals surface area contributed by atoms with Gasteiger partial charge in [-0.25, -0.2) is 0 Å². The number of aliphatic hydroxyl groups is 1. The maximum atomic E-state index is 14.4. The molecule has 0 aromatic heterocycles. The van der Waals surface area contributed by atoms with Crippen LogP contribution < -0.4 is 9.64 Å². The van der Waals surface area contributed by atoms with Crippen molar-refractivity contribution in [1.82, 2.24) is 9.80 Å². The van der Waals surface area contributed by atoms with Crippen molar-refractivity contribution in [3.63, 3.8) is 0 Å². The van der Waals surface area contributed by atoms with Crippen LogP contribution in [0, 0.1) is 11.8 Å². The van der Waals surface area contributed by atoms with Gasteiger partial charge < -0.3 is 29.3 Å². The first-order valence-corrected chi connectivity index (χ1v) is 15.9.